The third kappa shape index (κ3) is 26.7. The summed E-state index contributed by atoms with van der Waals surface area (Å²) in [6.45, 7) is 8.26. The van der Waals surface area contributed by atoms with Crippen LogP contribution in [0, 0.1) is 0 Å². The second-order valence-corrected chi connectivity index (χ2v) is 9.09. The Labute approximate surface area is 223 Å². The first kappa shape index (κ1) is 37.8. The van der Waals surface area contributed by atoms with Crippen molar-refractivity contribution >= 4 is 43.1 Å². The van der Waals surface area contributed by atoms with E-state index < -0.39 is 0 Å². The van der Waals surface area contributed by atoms with Crippen LogP contribution in [0.1, 0.15) is 110 Å². The molecule has 0 aliphatic carbocycles. The van der Waals surface area contributed by atoms with Gasteiger partial charge in [0, 0.05) is 19.0 Å². The Morgan fingerprint density at radius 2 is 1.09 bits per heavy atom. The van der Waals surface area contributed by atoms with E-state index in [1.165, 1.54) is 77.0 Å². The Hall–Kier alpha value is 0.220. The van der Waals surface area contributed by atoms with Gasteiger partial charge in [-0.05, 0) is 58.4 Å². The highest BCUT2D eigenvalue weighted by atomic mass is 35.5. The molecule has 0 spiro atoms. The van der Waals surface area contributed by atoms with Crippen molar-refractivity contribution in [3.63, 3.8) is 0 Å². The summed E-state index contributed by atoms with van der Waals surface area (Å²) in [6.07, 6.45) is 20.2. The van der Waals surface area contributed by atoms with Crippen LogP contribution in [0.5, 0.6) is 0 Å². The molecule has 0 aromatic rings. The van der Waals surface area contributed by atoms with Gasteiger partial charge in [0.15, 0.2) is 0 Å². The van der Waals surface area contributed by atoms with Crippen LogP contribution in [0.15, 0.2) is 0 Å². The number of amides is 1. The van der Waals surface area contributed by atoms with Gasteiger partial charge in [0.2, 0.25) is 5.91 Å². The summed E-state index contributed by atoms with van der Waals surface area (Å²) in [5, 5.41) is 13.7. The predicted octanol–water partition coefficient (Wildman–Crippen LogP) is 5.78. The van der Waals surface area contributed by atoms with Crippen LogP contribution in [-0.4, -0.2) is 51.2 Å². The molecule has 0 radical (unpaired) electrons. The van der Waals surface area contributed by atoms with Crippen LogP contribution in [0.2, 0.25) is 0 Å². The number of carbonyl (C=O) groups excluding carboxylic acids is 1. The summed E-state index contributed by atoms with van der Waals surface area (Å²) in [5.41, 5.74) is 0. The molecule has 0 aromatic carbocycles. The second-order valence-electron chi connectivity index (χ2n) is 9.09. The number of nitrogens with one attached hydrogen (secondary N) is 4. The summed E-state index contributed by atoms with van der Waals surface area (Å²) >= 11 is 0. The Morgan fingerprint density at radius 1 is 0.636 bits per heavy atom. The first-order chi connectivity index (χ1) is 14.8. The van der Waals surface area contributed by atoms with E-state index in [0.717, 1.165) is 58.5 Å². The monoisotopic (exact) mass is 532 g/mol. The van der Waals surface area contributed by atoms with Gasteiger partial charge >= 0.3 is 0 Å². The maximum absolute atomic E-state index is 12.3. The standard InChI is InChI=1S/C25H52N4O.3ClH/c1-2-3-4-5-6-7-8-9-10-11-12-16-24-23-25(30)29-22-15-20-27-18-13-17-26-19-14-21-28-24;;;/h24,26-28H,2-23H2,1H3,(H,29,30);3*1H. The summed E-state index contributed by atoms with van der Waals surface area (Å²) < 4.78 is 0. The Balaban J connectivity index is -0.00000300. The van der Waals surface area contributed by atoms with Crippen LogP contribution in [0.3, 0.4) is 0 Å². The van der Waals surface area contributed by atoms with Crippen LogP contribution >= 0.6 is 37.2 Å². The minimum absolute atomic E-state index is 0. The summed E-state index contributed by atoms with van der Waals surface area (Å²) in [6, 6.07) is 0.328. The lowest BCUT2D eigenvalue weighted by Gasteiger charge is -2.19. The van der Waals surface area contributed by atoms with E-state index >= 15 is 0 Å². The van der Waals surface area contributed by atoms with Gasteiger partial charge < -0.3 is 21.3 Å². The van der Waals surface area contributed by atoms with Crippen molar-refractivity contribution in [2.45, 2.75) is 116 Å². The molecule has 1 aliphatic rings. The highest BCUT2D eigenvalue weighted by Crippen LogP contribution is 2.13. The number of carbonyl (C=O) groups is 1. The Bertz CT molecular complexity index is 393. The molecule has 202 valence electrons. The van der Waals surface area contributed by atoms with Crippen molar-refractivity contribution in [3.8, 4) is 0 Å². The highest BCUT2D eigenvalue weighted by molar-refractivity contribution is 5.86. The number of halogens is 3. The lowest BCUT2D eigenvalue weighted by atomic mass is 10.0. The maximum atomic E-state index is 12.3. The fourth-order valence-corrected chi connectivity index (χ4v) is 4.18. The molecule has 1 fully saturated rings. The molecule has 1 aliphatic heterocycles. The van der Waals surface area contributed by atoms with Gasteiger partial charge in [0.25, 0.3) is 0 Å². The van der Waals surface area contributed by atoms with Crippen LogP contribution in [0.4, 0.5) is 0 Å². The van der Waals surface area contributed by atoms with E-state index in [0.29, 0.717) is 12.5 Å². The molecule has 33 heavy (non-hydrogen) atoms. The molecule has 1 amide bonds. The number of hydrogen-bond donors (Lipinski definition) is 4. The van der Waals surface area contributed by atoms with E-state index in [9.17, 15) is 4.79 Å². The molecule has 4 N–H and O–H groups in total. The lowest BCUT2D eigenvalue weighted by molar-refractivity contribution is -0.121. The molecule has 1 rings (SSSR count). The molecule has 1 heterocycles. The largest absolute Gasteiger partial charge is 0.356 e. The van der Waals surface area contributed by atoms with Crippen LogP contribution in [0.25, 0.3) is 0 Å². The average molecular weight is 534 g/mol. The smallest absolute Gasteiger partial charge is 0.221 e. The fraction of sp³-hybridized carbons (Fsp3) is 0.960. The topological polar surface area (TPSA) is 65.2 Å². The van der Waals surface area contributed by atoms with Gasteiger partial charge in [0.05, 0.1) is 0 Å². The molecule has 8 heteroatoms. The summed E-state index contributed by atoms with van der Waals surface area (Å²) in [5.74, 6) is 0.209. The fourth-order valence-electron chi connectivity index (χ4n) is 4.18. The minimum Gasteiger partial charge on any atom is -0.356 e. The molecule has 5 nitrogen and oxygen atoms in total. The molecule has 0 aromatic heterocycles. The van der Waals surface area contributed by atoms with E-state index in [4.69, 9.17) is 0 Å². The van der Waals surface area contributed by atoms with Gasteiger partial charge in [-0.15, -0.1) is 37.2 Å². The van der Waals surface area contributed by atoms with Crippen molar-refractivity contribution in [1.82, 2.24) is 21.3 Å². The van der Waals surface area contributed by atoms with Crippen molar-refractivity contribution in [3.05, 3.63) is 0 Å². The van der Waals surface area contributed by atoms with Gasteiger partial charge in [-0.2, -0.15) is 0 Å². The van der Waals surface area contributed by atoms with Crippen molar-refractivity contribution in [2.24, 2.45) is 0 Å². The SMILES string of the molecule is CCCCCCCCCCCCCC1CC(=O)NCCCNCCCNCCCN1.Cl.Cl.Cl. The zero-order valence-electron chi connectivity index (χ0n) is 21.3. The molecular weight excluding hydrogens is 479 g/mol. The van der Waals surface area contributed by atoms with Gasteiger partial charge in [-0.3, -0.25) is 4.79 Å². The van der Waals surface area contributed by atoms with E-state index in [2.05, 4.69) is 28.2 Å². The van der Waals surface area contributed by atoms with Crippen LogP contribution in [-0.2, 0) is 4.79 Å². The normalized spacial score (nSPS) is 18.8. The van der Waals surface area contributed by atoms with E-state index in [1.54, 1.807) is 0 Å². The maximum Gasteiger partial charge on any atom is 0.221 e. The molecule has 1 unspecified atom stereocenters. The third-order valence-electron chi connectivity index (χ3n) is 6.11. The predicted molar refractivity (Wildman–Crippen MR) is 152 cm³/mol. The van der Waals surface area contributed by atoms with Gasteiger partial charge in [-0.1, -0.05) is 77.6 Å². The quantitative estimate of drug-likeness (QED) is 0.240. The van der Waals surface area contributed by atoms with Crippen LogP contribution < -0.4 is 21.3 Å². The first-order valence-corrected chi connectivity index (χ1v) is 13.2. The number of unbranched alkanes of at least 4 members (excludes halogenated alkanes) is 10. The lowest BCUT2D eigenvalue weighted by Crippen LogP contribution is -2.38. The Morgan fingerprint density at radius 3 is 1.64 bits per heavy atom. The van der Waals surface area contributed by atoms with Crippen molar-refractivity contribution < 1.29 is 4.79 Å². The summed E-state index contributed by atoms with van der Waals surface area (Å²) in [7, 11) is 0. The van der Waals surface area contributed by atoms with Crippen molar-refractivity contribution in [1.29, 1.82) is 0 Å². The molecule has 1 atom stereocenters. The zero-order chi connectivity index (χ0) is 21.5. The van der Waals surface area contributed by atoms with Gasteiger partial charge in [-0.25, -0.2) is 0 Å². The third-order valence-corrected chi connectivity index (χ3v) is 6.11. The number of rotatable bonds is 12. The van der Waals surface area contributed by atoms with Crippen molar-refractivity contribution in [2.75, 3.05) is 39.3 Å². The number of hydrogen-bond acceptors (Lipinski definition) is 4. The second kappa shape index (κ2) is 30.3. The minimum atomic E-state index is 0. The highest BCUT2D eigenvalue weighted by Gasteiger charge is 2.13. The Kier molecular flexibility index (Phi) is 34.6. The van der Waals surface area contributed by atoms with E-state index in [-0.39, 0.29) is 43.1 Å². The summed E-state index contributed by atoms with van der Waals surface area (Å²) in [4.78, 5) is 12.3. The molecule has 1 saturated heterocycles. The van der Waals surface area contributed by atoms with Gasteiger partial charge in [0.1, 0.15) is 0 Å². The zero-order valence-corrected chi connectivity index (χ0v) is 23.7. The average Bonchev–Trinajstić information content (AvgIpc) is 2.74. The van der Waals surface area contributed by atoms with E-state index in [1.807, 2.05) is 0 Å². The molecule has 0 saturated carbocycles. The first-order valence-electron chi connectivity index (χ1n) is 13.2. The molecule has 0 bridgehead atoms. The molecular formula is C25H55Cl3N4O.